The molecule has 1 aliphatic rings. The van der Waals surface area contributed by atoms with Gasteiger partial charge < -0.3 is 5.32 Å². The fourth-order valence-electron chi connectivity index (χ4n) is 3.02. The van der Waals surface area contributed by atoms with Gasteiger partial charge in [-0.2, -0.15) is 10.1 Å². The monoisotopic (exact) mass is 302 g/mol. The molecule has 4 heteroatoms. The van der Waals surface area contributed by atoms with Crippen LogP contribution in [-0.4, -0.2) is 14.8 Å². The molecule has 2 aromatic carbocycles. The first-order chi connectivity index (χ1) is 11.2. The minimum Gasteiger partial charge on any atom is -0.324 e. The molecule has 1 N–H and O–H groups in total. The van der Waals surface area contributed by atoms with Gasteiger partial charge in [0.1, 0.15) is 12.4 Å². The molecule has 114 valence electrons. The van der Waals surface area contributed by atoms with E-state index in [-0.39, 0.29) is 6.04 Å². The van der Waals surface area contributed by atoms with E-state index in [0.29, 0.717) is 0 Å². The van der Waals surface area contributed by atoms with E-state index in [4.69, 9.17) is 0 Å². The van der Waals surface area contributed by atoms with Crippen molar-refractivity contribution in [2.45, 2.75) is 19.9 Å². The molecule has 0 radical (unpaired) electrons. The molecular weight excluding hydrogens is 284 g/mol. The first kappa shape index (κ1) is 13.8. The highest BCUT2D eigenvalue weighted by atomic mass is 15.4. The normalized spacial score (nSPS) is 16.4. The molecule has 2 heterocycles. The van der Waals surface area contributed by atoms with Crippen LogP contribution in [0.3, 0.4) is 0 Å². The van der Waals surface area contributed by atoms with Gasteiger partial charge in [-0.25, -0.2) is 4.68 Å². The fourth-order valence-corrected chi connectivity index (χ4v) is 3.02. The van der Waals surface area contributed by atoms with Crippen molar-refractivity contribution in [3.05, 3.63) is 83.2 Å². The third-order valence-electron chi connectivity index (χ3n) is 4.25. The Balaban J connectivity index is 1.87. The van der Waals surface area contributed by atoms with Crippen LogP contribution in [0, 0.1) is 13.8 Å². The SMILES string of the molecule is Cc1ccc(C)c(C2C=C(c3ccccc3)Nc3ncnn32)c1. The van der Waals surface area contributed by atoms with Gasteiger partial charge in [-0.15, -0.1) is 0 Å². The Morgan fingerprint density at radius 2 is 1.87 bits per heavy atom. The van der Waals surface area contributed by atoms with Gasteiger partial charge in [-0.3, -0.25) is 0 Å². The number of allylic oxidation sites excluding steroid dienone is 1. The summed E-state index contributed by atoms with van der Waals surface area (Å²) in [6.45, 7) is 4.26. The third-order valence-corrected chi connectivity index (χ3v) is 4.25. The average molecular weight is 302 g/mol. The van der Waals surface area contributed by atoms with Crippen LogP contribution in [-0.2, 0) is 0 Å². The summed E-state index contributed by atoms with van der Waals surface area (Å²) in [6, 6.07) is 16.9. The van der Waals surface area contributed by atoms with E-state index in [2.05, 4.69) is 65.7 Å². The topological polar surface area (TPSA) is 42.7 Å². The second-order valence-corrected chi connectivity index (χ2v) is 5.90. The number of benzene rings is 2. The lowest BCUT2D eigenvalue weighted by Gasteiger charge is -2.25. The molecule has 0 spiro atoms. The van der Waals surface area contributed by atoms with Gasteiger partial charge in [0.05, 0.1) is 0 Å². The van der Waals surface area contributed by atoms with Crippen LogP contribution < -0.4 is 5.32 Å². The lowest BCUT2D eigenvalue weighted by molar-refractivity contribution is 0.609. The van der Waals surface area contributed by atoms with E-state index in [0.717, 1.165) is 17.2 Å². The van der Waals surface area contributed by atoms with Crippen molar-refractivity contribution in [2.24, 2.45) is 0 Å². The van der Waals surface area contributed by atoms with Crippen LogP contribution in [0.25, 0.3) is 5.70 Å². The number of nitrogens with one attached hydrogen (secondary N) is 1. The number of hydrogen-bond acceptors (Lipinski definition) is 3. The summed E-state index contributed by atoms with van der Waals surface area (Å²) >= 11 is 0. The van der Waals surface area contributed by atoms with E-state index in [1.165, 1.54) is 16.7 Å². The van der Waals surface area contributed by atoms with Gasteiger partial charge in [0.15, 0.2) is 0 Å². The lowest BCUT2D eigenvalue weighted by atomic mass is 9.96. The molecule has 1 unspecified atom stereocenters. The maximum atomic E-state index is 4.41. The van der Waals surface area contributed by atoms with Crippen molar-refractivity contribution in [1.29, 1.82) is 0 Å². The van der Waals surface area contributed by atoms with Gasteiger partial charge >= 0.3 is 0 Å². The van der Waals surface area contributed by atoms with Gasteiger partial charge in [-0.1, -0.05) is 54.1 Å². The van der Waals surface area contributed by atoms with Crippen LogP contribution in [0.4, 0.5) is 5.95 Å². The molecule has 1 aliphatic heterocycles. The van der Waals surface area contributed by atoms with E-state index < -0.39 is 0 Å². The van der Waals surface area contributed by atoms with Crippen molar-refractivity contribution in [3.8, 4) is 0 Å². The molecule has 1 atom stereocenters. The highest BCUT2D eigenvalue weighted by Crippen LogP contribution is 2.33. The molecule has 3 aromatic rings. The summed E-state index contributed by atoms with van der Waals surface area (Å²) in [5.74, 6) is 0.775. The molecule has 0 saturated carbocycles. The van der Waals surface area contributed by atoms with Crippen LogP contribution in [0.1, 0.15) is 28.3 Å². The lowest BCUT2D eigenvalue weighted by Crippen LogP contribution is -2.21. The van der Waals surface area contributed by atoms with Crippen LogP contribution in [0.5, 0.6) is 0 Å². The molecule has 4 nitrogen and oxygen atoms in total. The summed E-state index contributed by atoms with van der Waals surface area (Å²) in [6.07, 6.45) is 3.82. The van der Waals surface area contributed by atoms with Crippen molar-refractivity contribution in [1.82, 2.24) is 14.8 Å². The number of anilines is 1. The molecule has 0 fully saturated rings. The second-order valence-electron chi connectivity index (χ2n) is 5.90. The van der Waals surface area contributed by atoms with Crippen LogP contribution in [0.2, 0.25) is 0 Å². The highest BCUT2D eigenvalue weighted by Gasteiger charge is 2.24. The van der Waals surface area contributed by atoms with Crippen molar-refractivity contribution < 1.29 is 0 Å². The van der Waals surface area contributed by atoms with Gasteiger partial charge in [-0.05, 0) is 36.6 Å². The maximum absolute atomic E-state index is 4.41. The Labute approximate surface area is 135 Å². The standard InChI is InChI=1S/C19H18N4/c1-13-8-9-14(2)16(10-13)18-11-17(15-6-4-3-5-7-15)22-19-20-12-21-23(18)19/h3-12,18H,1-2H3,(H,20,21,22). The van der Waals surface area contributed by atoms with Gasteiger partial charge in [0, 0.05) is 5.70 Å². The zero-order valence-corrected chi connectivity index (χ0v) is 13.2. The first-order valence-electron chi connectivity index (χ1n) is 7.73. The molecule has 1 aromatic heterocycles. The quantitative estimate of drug-likeness (QED) is 0.779. The predicted octanol–water partition coefficient (Wildman–Crippen LogP) is 3.95. The van der Waals surface area contributed by atoms with Gasteiger partial charge in [0.2, 0.25) is 5.95 Å². The van der Waals surface area contributed by atoms with Crippen molar-refractivity contribution in [3.63, 3.8) is 0 Å². The van der Waals surface area contributed by atoms with E-state index in [1.54, 1.807) is 6.33 Å². The fraction of sp³-hybridized carbons (Fsp3) is 0.158. The number of rotatable bonds is 2. The number of aromatic nitrogens is 3. The highest BCUT2D eigenvalue weighted by molar-refractivity contribution is 5.77. The third kappa shape index (κ3) is 2.42. The summed E-state index contributed by atoms with van der Waals surface area (Å²) < 4.78 is 1.94. The zero-order valence-electron chi connectivity index (χ0n) is 13.2. The molecule has 0 saturated heterocycles. The number of hydrogen-bond donors (Lipinski definition) is 1. The Bertz CT molecular complexity index is 877. The molecular formula is C19H18N4. The molecule has 0 bridgehead atoms. The Kier molecular flexibility index (Phi) is 3.23. The van der Waals surface area contributed by atoms with Crippen LogP contribution in [0.15, 0.2) is 60.9 Å². The Morgan fingerprint density at radius 3 is 2.70 bits per heavy atom. The molecule has 4 rings (SSSR count). The molecule has 23 heavy (non-hydrogen) atoms. The smallest absolute Gasteiger partial charge is 0.226 e. The minimum atomic E-state index is 0.0452. The molecule has 0 amide bonds. The number of nitrogens with zero attached hydrogens (tertiary/aromatic N) is 3. The predicted molar refractivity (Wildman–Crippen MR) is 92.1 cm³/mol. The number of fused-ring (bicyclic) bond motifs is 1. The van der Waals surface area contributed by atoms with Crippen molar-refractivity contribution in [2.75, 3.05) is 5.32 Å². The maximum Gasteiger partial charge on any atom is 0.226 e. The second kappa shape index (κ2) is 5.39. The largest absolute Gasteiger partial charge is 0.324 e. The van der Waals surface area contributed by atoms with E-state index in [1.807, 2.05) is 22.9 Å². The Hall–Kier alpha value is -2.88. The average Bonchev–Trinajstić information content (AvgIpc) is 3.05. The minimum absolute atomic E-state index is 0.0452. The first-order valence-corrected chi connectivity index (χ1v) is 7.73. The van der Waals surface area contributed by atoms with E-state index >= 15 is 0 Å². The zero-order chi connectivity index (χ0) is 15.8. The Morgan fingerprint density at radius 1 is 1.04 bits per heavy atom. The molecule has 0 aliphatic carbocycles. The van der Waals surface area contributed by atoms with E-state index in [9.17, 15) is 0 Å². The summed E-state index contributed by atoms with van der Waals surface area (Å²) in [7, 11) is 0. The van der Waals surface area contributed by atoms with Crippen molar-refractivity contribution >= 4 is 11.6 Å². The summed E-state index contributed by atoms with van der Waals surface area (Å²) in [5, 5.41) is 7.79. The number of aryl methyl sites for hydroxylation is 2. The summed E-state index contributed by atoms with van der Waals surface area (Å²) in [4.78, 5) is 4.36. The van der Waals surface area contributed by atoms with Gasteiger partial charge in [0.25, 0.3) is 0 Å². The summed E-state index contributed by atoms with van der Waals surface area (Å²) in [5.41, 5.74) is 5.98. The van der Waals surface area contributed by atoms with Crippen LogP contribution >= 0.6 is 0 Å².